The van der Waals surface area contributed by atoms with Gasteiger partial charge in [0.15, 0.2) is 5.76 Å². The first-order chi connectivity index (χ1) is 30.0. The molecule has 0 unspecified atom stereocenters. The number of hydrogen-bond acceptors (Lipinski definition) is 2. The zero-order valence-electron chi connectivity index (χ0n) is 34.9. The maximum absolute atomic E-state index is 6.76. The van der Waals surface area contributed by atoms with Crippen molar-refractivity contribution < 1.29 is 4.42 Å². The second-order valence-electron chi connectivity index (χ2n) is 17.7. The van der Waals surface area contributed by atoms with Gasteiger partial charge in [-0.25, -0.2) is 0 Å². The van der Waals surface area contributed by atoms with E-state index in [4.69, 9.17) is 4.42 Å². The Morgan fingerprint density at radius 1 is 0.639 bits per heavy atom. The number of aromatic nitrogens is 1. The number of anilines is 3. The third kappa shape index (κ3) is 5.71. The molecule has 4 aliphatic rings. The first kappa shape index (κ1) is 36.0. The lowest BCUT2D eigenvalue weighted by molar-refractivity contribution is 0.624. The third-order valence-corrected chi connectivity index (χ3v) is 13.9. The van der Waals surface area contributed by atoms with Gasteiger partial charge in [0, 0.05) is 50.1 Å². The fourth-order valence-electron chi connectivity index (χ4n) is 11.0. The molecule has 61 heavy (non-hydrogen) atoms. The van der Waals surface area contributed by atoms with Crippen LogP contribution < -0.4 is 4.90 Å². The van der Waals surface area contributed by atoms with Crippen LogP contribution in [0.25, 0.3) is 61.8 Å². The van der Waals surface area contributed by atoms with Crippen molar-refractivity contribution in [3.63, 3.8) is 0 Å². The van der Waals surface area contributed by atoms with Crippen LogP contribution in [0, 0.1) is 0 Å². The van der Waals surface area contributed by atoms with Gasteiger partial charge in [-0.1, -0.05) is 123 Å². The molecule has 0 aliphatic heterocycles. The van der Waals surface area contributed by atoms with E-state index in [1.165, 1.54) is 96.9 Å². The maximum atomic E-state index is 6.76. The summed E-state index contributed by atoms with van der Waals surface area (Å²) < 4.78 is 9.17. The molecule has 0 radical (unpaired) electrons. The van der Waals surface area contributed by atoms with E-state index < -0.39 is 0 Å². The standard InChI is InChI=1S/C58H48N2O/c1-58(2)52-37-44(35-36-46(52)49-22-13-21-45(55(49)58)40-17-7-4-8-18-40)59(41-29-27-39(28-30-41)38-15-5-3-6-16-38)42-31-33-43(34-32-42)60-53-25-11-9-19-47(53)50-23-14-24-51-48-20-10-12-26-54(48)61-57(51)56(50)60/h4,7-12,14-15,17-21,23,25-37H,3,5-6,13,16,22,24H2,1-2H3. The van der Waals surface area contributed by atoms with Gasteiger partial charge in [0.25, 0.3) is 0 Å². The average Bonchev–Trinajstić information content (AvgIpc) is 3.87. The van der Waals surface area contributed by atoms with E-state index in [0.717, 1.165) is 59.8 Å². The molecule has 8 aromatic rings. The summed E-state index contributed by atoms with van der Waals surface area (Å²) in [5, 5.41) is 2.41. The minimum Gasteiger partial charge on any atom is -0.454 e. The van der Waals surface area contributed by atoms with E-state index in [1.54, 1.807) is 0 Å². The van der Waals surface area contributed by atoms with Crippen molar-refractivity contribution in [1.29, 1.82) is 0 Å². The smallest absolute Gasteiger partial charge is 0.156 e. The molecule has 3 nitrogen and oxygen atoms in total. The van der Waals surface area contributed by atoms with Crippen molar-refractivity contribution in [3.05, 3.63) is 203 Å². The van der Waals surface area contributed by atoms with Crippen molar-refractivity contribution in [2.24, 2.45) is 0 Å². The van der Waals surface area contributed by atoms with Crippen LogP contribution in [0.15, 0.2) is 174 Å². The number of allylic oxidation sites excluding steroid dienone is 7. The van der Waals surface area contributed by atoms with E-state index >= 15 is 0 Å². The Bertz CT molecular complexity index is 3160. The average molecular weight is 789 g/mol. The van der Waals surface area contributed by atoms with Crippen LogP contribution in [-0.4, -0.2) is 4.57 Å². The van der Waals surface area contributed by atoms with Crippen LogP contribution in [0.4, 0.5) is 17.1 Å². The molecule has 0 fully saturated rings. The predicted molar refractivity (Wildman–Crippen MR) is 256 cm³/mol. The topological polar surface area (TPSA) is 21.3 Å². The zero-order valence-corrected chi connectivity index (χ0v) is 34.9. The molecule has 0 saturated heterocycles. The van der Waals surface area contributed by atoms with Crippen LogP contribution in [0.2, 0.25) is 0 Å². The summed E-state index contributed by atoms with van der Waals surface area (Å²) in [5.41, 5.74) is 21.4. The SMILES string of the molecule is CC1(C)C2=C(CCC=C2c2ccccc2)c2ccc(N(c3ccc(C4=CCCCC4)cc3)c3ccc(-n4c5c(c6ccccc64)C=CCc4c-5oc5ccccc45)cc3)cc21. The van der Waals surface area contributed by atoms with Crippen molar-refractivity contribution >= 4 is 61.7 Å². The minimum absolute atomic E-state index is 0.146. The van der Waals surface area contributed by atoms with Crippen molar-refractivity contribution in [3.8, 4) is 17.1 Å². The summed E-state index contributed by atoms with van der Waals surface area (Å²) in [4.78, 5) is 2.46. The number of benzene rings is 6. The molecule has 6 aromatic carbocycles. The monoisotopic (exact) mass is 788 g/mol. The molecule has 12 rings (SSSR count). The number of nitrogens with zero attached hydrogens (tertiary/aromatic N) is 2. The van der Waals surface area contributed by atoms with Gasteiger partial charge >= 0.3 is 0 Å². The minimum atomic E-state index is -0.146. The number of hydrogen-bond donors (Lipinski definition) is 0. The zero-order chi connectivity index (χ0) is 40.7. The number of furan rings is 1. The molecular weight excluding hydrogens is 741 g/mol. The summed E-state index contributed by atoms with van der Waals surface area (Å²) in [6.45, 7) is 4.86. The molecule has 0 N–H and O–H groups in total. The van der Waals surface area contributed by atoms with Gasteiger partial charge < -0.3 is 13.9 Å². The lowest BCUT2D eigenvalue weighted by atomic mass is 9.74. The molecular formula is C58H48N2O. The van der Waals surface area contributed by atoms with Gasteiger partial charge in [-0.2, -0.15) is 0 Å². The Labute approximate surface area is 358 Å². The normalized spacial score (nSPS) is 16.4. The van der Waals surface area contributed by atoms with Gasteiger partial charge in [-0.3, -0.25) is 0 Å². The quantitative estimate of drug-likeness (QED) is 0.167. The largest absolute Gasteiger partial charge is 0.454 e. The second-order valence-corrected chi connectivity index (χ2v) is 17.7. The van der Waals surface area contributed by atoms with Crippen LogP contribution in [0.1, 0.15) is 85.8 Å². The second kappa shape index (κ2) is 14.1. The first-order valence-electron chi connectivity index (χ1n) is 22.2. The molecule has 296 valence electrons. The van der Waals surface area contributed by atoms with Crippen molar-refractivity contribution in [2.45, 2.75) is 64.2 Å². The highest BCUT2D eigenvalue weighted by molar-refractivity contribution is 6.02. The molecule has 0 bridgehead atoms. The Hall–Kier alpha value is -6.84. The van der Waals surface area contributed by atoms with E-state index in [2.05, 4.69) is 193 Å². The number of para-hydroxylation sites is 2. The fraction of sp³-hybridized carbons (Fsp3) is 0.172. The van der Waals surface area contributed by atoms with Gasteiger partial charge in [-0.05, 0) is 150 Å². The van der Waals surface area contributed by atoms with Gasteiger partial charge in [0.2, 0.25) is 0 Å². The Morgan fingerprint density at radius 2 is 1.38 bits per heavy atom. The van der Waals surface area contributed by atoms with Crippen LogP contribution in [0.5, 0.6) is 0 Å². The maximum Gasteiger partial charge on any atom is 0.156 e. The third-order valence-electron chi connectivity index (χ3n) is 13.9. The Kier molecular flexibility index (Phi) is 8.35. The lowest BCUT2D eigenvalue weighted by Gasteiger charge is -2.31. The van der Waals surface area contributed by atoms with Crippen molar-refractivity contribution in [2.75, 3.05) is 4.90 Å². The summed E-state index contributed by atoms with van der Waals surface area (Å²) in [6.07, 6.45) is 17.4. The molecule has 4 aliphatic carbocycles. The summed E-state index contributed by atoms with van der Waals surface area (Å²) in [6, 6.07) is 54.0. The van der Waals surface area contributed by atoms with Crippen molar-refractivity contribution in [1.82, 2.24) is 4.57 Å². The summed E-state index contributed by atoms with van der Waals surface area (Å²) in [5.74, 6) is 0.957. The Morgan fingerprint density at radius 3 is 2.18 bits per heavy atom. The molecule has 0 atom stereocenters. The highest BCUT2D eigenvalue weighted by atomic mass is 16.3. The first-order valence-corrected chi connectivity index (χ1v) is 22.2. The van der Waals surface area contributed by atoms with Crippen LogP contribution in [-0.2, 0) is 11.8 Å². The summed E-state index contributed by atoms with van der Waals surface area (Å²) >= 11 is 0. The van der Waals surface area contributed by atoms with Gasteiger partial charge in [0.05, 0.1) is 11.2 Å². The highest BCUT2D eigenvalue weighted by Gasteiger charge is 2.41. The van der Waals surface area contributed by atoms with Crippen LogP contribution >= 0.6 is 0 Å². The van der Waals surface area contributed by atoms with E-state index in [1.807, 2.05) is 0 Å². The molecule has 2 aromatic heterocycles. The predicted octanol–water partition coefficient (Wildman–Crippen LogP) is 16.0. The number of rotatable bonds is 6. The molecule has 0 amide bonds. The molecule has 0 spiro atoms. The van der Waals surface area contributed by atoms with Crippen LogP contribution in [0.3, 0.4) is 0 Å². The molecule has 0 saturated carbocycles. The number of fused-ring (bicyclic) bond motifs is 9. The highest BCUT2D eigenvalue weighted by Crippen LogP contribution is 2.56. The Balaban J connectivity index is 0.990. The van der Waals surface area contributed by atoms with E-state index in [-0.39, 0.29) is 5.41 Å². The summed E-state index contributed by atoms with van der Waals surface area (Å²) in [7, 11) is 0. The fourth-order valence-corrected chi connectivity index (χ4v) is 11.0. The van der Waals surface area contributed by atoms with E-state index in [9.17, 15) is 0 Å². The van der Waals surface area contributed by atoms with E-state index in [0.29, 0.717) is 0 Å². The van der Waals surface area contributed by atoms with Gasteiger partial charge in [-0.15, -0.1) is 0 Å². The molecule has 3 heteroatoms. The van der Waals surface area contributed by atoms with Gasteiger partial charge in [0.1, 0.15) is 5.58 Å². The molecule has 2 heterocycles. The lowest BCUT2D eigenvalue weighted by Crippen LogP contribution is -2.20.